The molecule has 1 N–H and O–H groups in total. The predicted octanol–water partition coefficient (Wildman–Crippen LogP) is 4.16. The molecule has 0 bridgehead atoms. The van der Waals surface area contributed by atoms with Crippen molar-refractivity contribution in [1.29, 1.82) is 0 Å². The van der Waals surface area contributed by atoms with Crippen LogP contribution in [0.4, 0.5) is 5.82 Å². The van der Waals surface area contributed by atoms with E-state index in [1.165, 1.54) is 11.1 Å². The standard InChI is InChI=1S/C32H42N8O2/c1-19(2)28-29(24-13-40-31(33-18-34-40)23(6)22(24)5)35-25-7-8-26(36-30(25)28)38-11-21(4)39(12-20(38)3)27(41)14-37-15-32(16-37)9-10-42-17-32/h7-8,13,18-21,35H,9-12,14-17H2,1-6H3/t20-,21+/m0/s1. The second kappa shape index (κ2) is 10.1. The van der Waals surface area contributed by atoms with Gasteiger partial charge in [-0.3, -0.25) is 9.69 Å². The van der Waals surface area contributed by atoms with Crippen molar-refractivity contribution in [2.24, 2.45) is 5.41 Å². The molecule has 0 radical (unpaired) electrons. The van der Waals surface area contributed by atoms with Gasteiger partial charge >= 0.3 is 0 Å². The monoisotopic (exact) mass is 570 g/mol. The average Bonchev–Trinajstić information content (AvgIpc) is 3.69. The van der Waals surface area contributed by atoms with Gasteiger partial charge in [0.1, 0.15) is 12.1 Å². The van der Waals surface area contributed by atoms with E-state index in [0.717, 1.165) is 78.6 Å². The third-order valence-corrected chi connectivity index (χ3v) is 9.90. The van der Waals surface area contributed by atoms with Crippen molar-refractivity contribution in [2.45, 2.75) is 66.0 Å². The van der Waals surface area contributed by atoms with Gasteiger partial charge in [0.05, 0.1) is 29.9 Å². The molecule has 7 rings (SSSR count). The van der Waals surface area contributed by atoms with Crippen LogP contribution in [0.1, 0.15) is 56.7 Å². The minimum absolute atomic E-state index is 0.114. The van der Waals surface area contributed by atoms with Crippen LogP contribution in [0.2, 0.25) is 0 Å². The van der Waals surface area contributed by atoms with E-state index >= 15 is 0 Å². The molecule has 7 heterocycles. The van der Waals surface area contributed by atoms with Gasteiger partial charge in [-0.2, -0.15) is 5.10 Å². The normalized spacial score (nSPS) is 22.6. The van der Waals surface area contributed by atoms with Crippen molar-refractivity contribution < 1.29 is 9.53 Å². The number of H-pyrrole nitrogens is 1. The lowest BCUT2D eigenvalue weighted by Gasteiger charge is -2.49. The molecule has 2 atom stereocenters. The van der Waals surface area contributed by atoms with Gasteiger partial charge < -0.3 is 19.5 Å². The first-order chi connectivity index (χ1) is 20.1. The fraction of sp³-hybridized carbons (Fsp3) is 0.562. The summed E-state index contributed by atoms with van der Waals surface area (Å²) in [4.78, 5) is 33.5. The van der Waals surface area contributed by atoms with Crippen LogP contribution in [0.15, 0.2) is 24.7 Å². The summed E-state index contributed by atoms with van der Waals surface area (Å²) in [5, 5.41) is 4.42. The Morgan fingerprint density at radius 3 is 2.69 bits per heavy atom. The van der Waals surface area contributed by atoms with Crippen LogP contribution < -0.4 is 4.90 Å². The number of amides is 1. The summed E-state index contributed by atoms with van der Waals surface area (Å²) < 4.78 is 7.47. The summed E-state index contributed by atoms with van der Waals surface area (Å²) in [6.07, 6.45) is 4.80. The Labute approximate surface area is 247 Å². The zero-order valence-corrected chi connectivity index (χ0v) is 25.6. The number of pyridine rings is 2. The maximum Gasteiger partial charge on any atom is 0.237 e. The number of fused-ring (bicyclic) bond motifs is 2. The second-order valence-corrected chi connectivity index (χ2v) is 13.3. The Hall–Kier alpha value is -3.50. The number of nitrogens with zero attached hydrogens (tertiary/aromatic N) is 7. The number of carbonyl (C=O) groups excluding carboxylic acids is 1. The largest absolute Gasteiger partial charge is 0.381 e. The minimum atomic E-state index is 0.114. The first-order valence-corrected chi connectivity index (χ1v) is 15.3. The Kier molecular flexibility index (Phi) is 6.54. The molecule has 42 heavy (non-hydrogen) atoms. The summed E-state index contributed by atoms with van der Waals surface area (Å²) in [5.74, 6) is 1.47. The van der Waals surface area contributed by atoms with Gasteiger partial charge in [0, 0.05) is 67.6 Å². The number of piperazine rings is 1. The summed E-state index contributed by atoms with van der Waals surface area (Å²) in [6, 6.07) is 4.56. The molecule has 3 aliphatic heterocycles. The first kappa shape index (κ1) is 27.3. The number of ether oxygens (including phenoxy) is 1. The topological polar surface area (TPSA) is 94.9 Å². The lowest BCUT2D eigenvalue weighted by Crippen LogP contribution is -2.63. The first-order valence-electron chi connectivity index (χ1n) is 15.3. The van der Waals surface area contributed by atoms with E-state index in [2.05, 4.69) is 89.6 Å². The van der Waals surface area contributed by atoms with Crippen LogP contribution in [0.25, 0.3) is 27.9 Å². The Morgan fingerprint density at radius 2 is 1.95 bits per heavy atom. The number of hydrogen-bond donors (Lipinski definition) is 1. The van der Waals surface area contributed by atoms with E-state index in [9.17, 15) is 4.79 Å². The number of anilines is 1. The molecule has 0 aliphatic carbocycles. The third-order valence-electron chi connectivity index (χ3n) is 9.90. The van der Waals surface area contributed by atoms with E-state index in [0.29, 0.717) is 18.5 Å². The molecule has 3 aliphatic rings. The SMILES string of the molecule is Cc1c(-c2[nH]c3ccc(N4C[C@@H](C)N(C(=O)CN5CC6(CCOC6)C5)C[C@@H]4C)nc3c2C(C)C)cn2ncnc2c1C. The molecule has 3 fully saturated rings. The number of aromatic amines is 1. The number of aryl methyl sites for hydroxylation is 1. The smallest absolute Gasteiger partial charge is 0.237 e. The number of aromatic nitrogens is 5. The van der Waals surface area contributed by atoms with Crippen molar-refractivity contribution in [2.75, 3.05) is 50.8 Å². The molecule has 0 unspecified atom stereocenters. The Morgan fingerprint density at radius 1 is 1.14 bits per heavy atom. The molecular formula is C32H42N8O2. The fourth-order valence-electron chi connectivity index (χ4n) is 7.45. The highest BCUT2D eigenvalue weighted by Crippen LogP contribution is 2.39. The number of nitrogens with one attached hydrogen (secondary N) is 1. The van der Waals surface area contributed by atoms with E-state index < -0.39 is 0 Å². The fourth-order valence-corrected chi connectivity index (χ4v) is 7.45. The molecule has 10 nitrogen and oxygen atoms in total. The van der Waals surface area contributed by atoms with Gasteiger partial charge in [-0.25, -0.2) is 14.5 Å². The molecule has 10 heteroatoms. The maximum atomic E-state index is 13.4. The van der Waals surface area contributed by atoms with Crippen molar-refractivity contribution >= 4 is 28.4 Å². The molecule has 4 aromatic rings. The van der Waals surface area contributed by atoms with Crippen molar-refractivity contribution in [3.8, 4) is 11.3 Å². The average molecular weight is 571 g/mol. The van der Waals surface area contributed by atoms with Gasteiger partial charge in [-0.05, 0) is 63.3 Å². The number of carbonyl (C=O) groups is 1. The number of likely N-dealkylation sites (tertiary alicyclic amines) is 1. The lowest BCUT2D eigenvalue weighted by molar-refractivity contribution is -0.139. The molecule has 0 saturated carbocycles. The van der Waals surface area contributed by atoms with E-state index in [1.54, 1.807) is 6.33 Å². The number of hydrogen-bond acceptors (Lipinski definition) is 7. The van der Waals surface area contributed by atoms with Gasteiger partial charge in [0.15, 0.2) is 5.65 Å². The van der Waals surface area contributed by atoms with Crippen LogP contribution >= 0.6 is 0 Å². The maximum absolute atomic E-state index is 13.4. The number of rotatable bonds is 5. The van der Waals surface area contributed by atoms with Crippen LogP contribution in [-0.2, 0) is 9.53 Å². The molecule has 3 saturated heterocycles. The van der Waals surface area contributed by atoms with Gasteiger partial charge in [-0.15, -0.1) is 0 Å². The predicted molar refractivity (Wildman–Crippen MR) is 164 cm³/mol. The van der Waals surface area contributed by atoms with Gasteiger partial charge in [0.2, 0.25) is 5.91 Å². The molecule has 4 aromatic heterocycles. The lowest BCUT2D eigenvalue weighted by atomic mass is 9.79. The van der Waals surface area contributed by atoms with Crippen molar-refractivity contribution in [3.05, 3.63) is 41.3 Å². The van der Waals surface area contributed by atoms with Crippen LogP contribution in [0, 0.1) is 19.3 Å². The zero-order valence-electron chi connectivity index (χ0n) is 25.6. The van der Waals surface area contributed by atoms with E-state index in [-0.39, 0.29) is 23.9 Å². The highest BCUT2D eigenvalue weighted by molar-refractivity contribution is 5.90. The van der Waals surface area contributed by atoms with E-state index in [1.807, 2.05) is 4.52 Å². The minimum Gasteiger partial charge on any atom is -0.381 e. The quantitative estimate of drug-likeness (QED) is 0.385. The second-order valence-electron chi connectivity index (χ2n) is 13.3. The summed E-state index contributed by atoms with van der Waals surface area (Å²) >= 11 is 0. The van der Waals surface area contributed by atoms with Crippen LogP contribution in [0.3, 0.4) is 0 Å². The third kappa shape index (κ3) is 4.38. The summed E-state index contributed by atoms with van der Waals surface area (Å²) in [6.45, 7) is 18.7. The zero-order chi connectivity index (χ0) is 29.3. The van der Waals surface area contributed by atoms with Crippen molar-refractivity contribution in [3.63, 3.8) is 0 Å². The molecule has 1 amide bonds. The molecule has 0 aromatic carbocycles. The highest BCUT2D eigenvalue weighted by atomic mass is 16.5. The Bertz CT molecular complexity index is 1660. The van der Waals surface area contributed by atoms with Gasteiger partial charge in [-0.1, -0.05) is 13.8 Å². The molecule has 1 spiro atoms. The van der Waals surface area contributed by atoms with Gasteiger partial charge in [0.25, 0.3) is 0 Å². The molecular weight excluding hydrogens is 528 g/mol. The summed E-state index contributed by atoms with van der Waals surface area (Å²) in [5.41, 5.74) is 8.97. The van der Waals surface area contributed by atoms with Crippen molar-refractivity contribution in [1.82, 2.24) is 34.4 Å². The molecule has 222 valence electrons. The van der Waals surface area contributed by atoms with Crippen LogP contribution in [-0.4, -0.2) is 98.3 Å². The Balaban J connectivity index is 1.14. The van der Waals surface area contributed by atoms with Crippen LogP contribution in [0.5, 0.6) is 0 Å². The highest BCUT2D eigenvalue weighted by Gasteiger charge is 2.46. The summed E-state index contributed by atoms with van der Waals surface area (Å²) in [7, 11) is 0. The van der Waals surface area contributed by atoms with E-state index in [4.69, 9.17) is 9.72 Å².